The number of carboxylic acid groups (broad SMARTS) is 2. The molecule has 1 aromatic heterocycles. The van der Waals surface area contributed by atoms with E-state index in [1.165, 1.54) is 0 Å². The predicted octanol–water partition coefficient (Wildman–Crippen LogP) is -1.00. The van der Waals surface area contributed by atoms with Gasteiger partial charge in [0.05, 0.1) is 0 Å². The zero-order chi connectivity index (χ0) is 10.0. The number of aromatic nitrogens is 1. The Balaban J connectivity index is 0.00000169. The third kappa shape index (κ3) is 2.22. The number of hydrogen-bond acceptors (Lipinski definition) is 4. The van der Waals surface area contributed by atoms with E-state index in [1.807, 2.05) is 0 Å². The highest BCUT2D eigenvalue weighted by molar-refractivity contribution is 6.02. The van der Waals surface area contributed by atoms with E-state index in [0.717, 1.165) is 12.3 Å². The van der Waals surface area contributed by atoms with Gasteiger partial charge in [-0.15, -0.1) is 0 Å². The first-order chi connectivity index (χ1) is 6.04. The second-order valence-electron chi connectivity index (χ2n) is 2.16. The normalized spacial score (nSPS) is 8.86. The first-order valence-corrected chi connectivity index (χ1v) is 3.18. The number of carboxylic acids is 2. The molecular weight excluding hydrogens is 205 g/mol. The maximum absolute atomic E-state index is 10.5. The molecular formula is C7H8AlNO5. The van der Waals surface area contributed by atoms with Crippen LogP contribution in [0.5, 0.6) is 5.75 Å². The zero-order valence-electron chi connectivity index (χ0n) is 6.26. The average molecular weight is 213 g/mol. The molecule has 14 heavy (non-hydrogen) atoms. The van der Waals surface area contributed by atoms with E-state index in [-0.39, 0.29) is 17.4 Å². The third-order valence-corrected chi connectivity index (χ3v) is 1.35. The van der Waals surface area contributed by atoms with E-state index in [1.54, 1.807) is 0 Å². The van der Waals surface area contributed by atoms with Gasteiger partial charge in [-0.1, -0.05) is 0 Å². The van der Waals surface area contributed by atoms with Crippen molar-refractivity contribution in [2.45, 2.75) is 0 Å². The van der Waals surface area contributed by atoms with Crippen LogP contribution in [0.25, 0.3) is 0 Å². The van der Waals surface area contributed by atoms with Crippen molar-refractivity contribution in [1.29, 1.82) is 0 Å². The second-order valence-corrected chi connectivity index (χ2v) is 2.16. The van der Waals surface area contributed by atoms with Gasteiger partial charge in [0.25, 0.3) is 0 Å². The largest absolute Gasteiger partial charge is 0.507 e. The van der Waals surface area contributed by atoms with Crippen molar-refractivity contribution in [1.82, 2.24) is 4.98 Å². The van der Waals surface area contributed by atoms with Crippen LogP contribution >= 0.6 is 0 Å². The fraction of sp³-hybridized carbons (Fsp3) is 0. The minimum Gasteiger partial charge on any atom is -0.507 e. The number of aromatic carboxylic acids is 2. The second kappa shape index (κ2) is 4.60. The molecule has 0 saturated carbocycles. The Kier molecular flexibility index (Phi) is 4.08. The highest BCUT2D eigenvalue weighted by Gasteiger charge is 2.20. The van der Waals surface area contributed by atoms with Crippen LogP contribution in [0.3, 0.4) is 0 Å². The molecule has 0 unspecified atom stereocenters. The fourth-order valence-corrected chi connectivity index (χ4v) is 0.825. The Morgan fingerprint density at radius 1 is 1.21 bits per heavy atom. The lowest BCUT2D eigenvalue weighted by atomic mass is 10.2. The molecule has 6 nitrogen and oxygen atoms in total. The van der Waals surface area contributed by atoms with Crippen molar-refractivity contribution < 1.29 is 24.9 Å². The maximum Gasteiger partial charge on any atom is 0.355 e. The van der Waals surface area contributed by atoms with Crippen LogP contribution in [0.4, 0.5) is 0 Å². The maximum atomic E-state index is 10.5. The first-order valence-electron chi connectivity index (χ1n) is 3.18. The smallest absolute Gasteiger partial charge is 0.355 e. The predicted molar refractivity (Wildman–Crippen MR) is 49.8 cm³/mol. The van der Waals surface area contributed by atoms with Gasteiger partial charge in [-0.25, -0.2) is 14.6 Å². The SMILES string of the molecule is O=C(O)c1nccc(O)c1C(=O)O.[AlH3]. The van der Waals surface area contributed by atoms with Gasteiger partial charge in [-0.3, -0.25) is 0 Å². The van der Waals surface area contributed by atoms with Gasteiger partial charge in [0, 0.05) is 6.20 Å². The van der Waals surface area contributed by atoms with Crippen molar-refractivity contribution in [3.05, 3.63) is 23.5 Å². The summed E-state index contributed by atoms with van der Waals surface area (Å²) in [6.45, 7) is 0. The number of aromatic hydroxyl groups is 1. The topological polar surface area (TPSA) is 108 Å². The molecule has 0 fully saturated rings. The van der Waals surface area contributed by atoms with Crippen LogP contribution in [0.2, 0.25) is 0 Å². The molecule has 0 bridgehead atoms. The van der Waals surface area contributed by atoms with Crippen LogP contribution in [0.15, 0.2) is 12.3 Å². The number of rotatable bonds is 2. The van der Waals surface area contributed by atoms with Gasteiger partial charge in [-0.05, 0) is 6.07 Å². The molecule has 3 N–H and O–H groups in total. The van der Waals surface area contributed by atoms with Gasteiger partial charge in [0.2, 0.25) is 0 Å². The Bertz CT molecular complexity index is 378. The summed E-state index contributed by atoms with van der Waals surface area (Å²) in [5.74, 6) is -3.63. The molecule has 0 aliphatic heterocycles. The summed E-state index contributed by atoms with van der Waals surface area (Å²) in [7, 11) is 0. The summed E-state index contributed by atoms with van der Waals surface area (Å²) in [4.78, 5) is 24.2. The van der Waals surface area contributed by atoms with Crippen molar-refractivity contribution in [3.8, 4) is 5.75 Å². The van der Waals surface area contributed by atoms with E-state index in [9.17, 15) is 9.59 Å². The summed E-state index contributed by atoms with van der Waals surface area (Å²) in [6, 6.07) is 1.01. The number of hydrogen-bond donors (Lipinski definition) is 3. The van der Waals surface area contributed by atoms with Crippen LogP contribution in [-0.4, -0.2) is 49.6 Å². The summed E-state index contributed by atoms with van der Waals surface area (Å²) >= 11 is 0. The van der Waals surface area contributed by atoms with E-state index < -0.39 is 28.9 Å². The molecule has 7 heteroatoms. The highest BCUT2D eigenvalue weighted by atomic mass is 27.0. The third-order valence-electron chi connectivity index (χ3n) is 1.35. The Morgan fingerprint density at radius 2 is 1.79 bits per heavy atom. The number of nitrogens with zero attached hydrogens (tertiary/aromatic N) is 1. The van der Waals surface area contributed by atoms with Gasteiger partial charge in [0.15, 0.2) is 23.1 Å². The monoisotopic (exact) mass is 213 g/mol. The van der Waals surface area contributed by atoms with E-state index in [0.29, 0.717) is 0 Å². The molecule has 74 valence electrons. The quantitative estimate of drug-likeness (QED) is 0.544. The fourth-order valence-electron chi connectivity index (χ4n) is 0.825. The lowest BCUT2D eigenvalue weighted by Crippen LogP contribution is -2.10. The van der Waals surface area contributed by atoms with Crippen LogP contribution < -0.4 is 0 Å². The summed E-state index contributed by atoms with van der Waals surface area (Å²) in [6.07, 6.45) is 1.02. The summed E-state index contributed by atoms with van der Waals surface area (Å²) < 4.78 is 0. The van der Waals surface area contributed by atoms with Gasteiger partial charge >= 0.3 is 11.9 Å². The van der Waals surface area contributed by atoms with Crippen molar-refractivity contribution in [2.75, 3.05) is 0 Å². The minimum absolute atomic E-state index is 0. The molecule has 0 aliphatic carbocycles. The van der Waals surface area contributed by atoms with Gasteiger partial charge in [0.1, 0.15) is 11.3 Å². The standard InChI is InChI=1S/C7H5NO5.Al.3H/c9-3-1-2-8-5(7(12)13)4(3)6(10)11;;;;/h1-2H,(H,8,9)(H,10,11)(H,12,13);;;;. The molecule has 0 aromatic carbocycles. The zero-order valence-corrected chi connectivity index (χ0v) is 6.26. The number of carbonyl (C=O) groups is 2. The molecule has 1 aromatic rings. The Labute approximate surface area is 89.0 Å². The van der Waals surface area contributed by atoms with Crippen molar-refractivity contribution >= 4 is 29.3 Å². The molecule has 0 spiro atoms. The Hall–Kier alpha value is -1.58. The lowest BCUT2D eigenvalue weighted by molar-refractivity contribution is 0.0643. The highest BCUT2D eigenvalue weighted by Crippen LogP contribution is 2.18. The van der Waals surface area contributed by atoms with Crippen LogP contribution in [-0.2, 0) is 0 Å². The van der Waals surface area contributed by atoms with E-state index in [2.05, 4.69) is 4.98 Å². The molecule has 0 amide bonds. The molecule has 0 aliphatic rings. The summed E-state index contributed by atoms with van der Waals surface area (Å²) in [5.41, 5.74) is -1.37. The molecule has 0 saturated heterocycles. The Morgan fingerprint density at radius 3 is 2.14 bits per heavy atom. The van der Waals surface area contributed by atoms with Gasteiger partial charge in [-0.2, -0.15) is 0 Å². The number of pyridine rings is 1. The van der Waals surface area contributed by atoms with E-state index in [4.69, 9.17) is 15.3 Å². The molecule has 0 atom stereocenters. The molecule has 0 radical (unpaired) electrons. The minimum atomic E-state index is -1.52. The van der Waals surface area contributed by atoms with Crippen molar-refractivity contribution in [2.24, 2.45) is 0 Å². The van der Waals surface area contributed by atoms with Crippen LogP contribution in [0, 0.1) is 0 Å². The van der Waals surface area contributed by atoms with Gasteiger partial charge < -0.3 is 15.3 Å². The van der Waals surface area contributed by atoms with E-state index >= 15 is 0 Å². The van der Waals surface area contributed by atoms with Crippen LogP contribution in [0.1, 0.15) is 20.8 Å². The average Bonchev–Trinajstić information content (AvgIpc) is 2.02. The lowest BCUT2D eigenvalue weighted by Gasteiger charge is -2.01. The molecule has 1 rings (SSSR count). The summed E-state index contributed by atoms with van der Waals surface area (Å²) in [5, 5.41) is 26.1. The van der Waals surface area contributed by atoms with Crippen molar-refractivity contribution in [3.63, 3.8) is 0 Å². The molecule has 1 heterocycles. The first kappa shape index (κ1) is 12.4.